The van der Waals surface area contributed by atoms with Gasteiger partial charge < -0.3 is 10.3 Å². The molecule has 21 heavy (non-hydrogen) atoms. The highest BCUT2D eigenvalue weighted by Crippen LogP contribution is 2.23. The zero-order valence-electron chi connectivity index (χ0n) is 12.3. The summed E-state index contributed by atoms with van der Waals surface area (Å²) < 4.78 is 0. The van der Waals surface area contributed by atoms with E-state index in [4.69, 9.17) is 11.6 Å². The fourth-order valence-electron chi connectivity index (χ4n) is 2.49. The van der Waals surface area contributed by atoms with Crippen LogP contribution < -0.4 is 5.32 Å². The standard InChI is InChI=1S/C18H19ClN2/c1-12(2)13-3-6-16(7-4-13)20-10-14-11-21-18-9-15(19)5-8-17(14)18/h3-9,11-12,20-21H,10H2,1-2H3. The quantitative estimate of drug-likeness (QED) is 0.648. The lowest BCUT2D eigenvalue weighted by Crippen LogP contribution is -1.99. The first-order valence-electron chi connectivity index (χ1n) is 7.23. The van der Waals surface area contributed by atoms with Crippen LogP contribution in [0.5, 0.6) is 0 Å². The van der Waals surface area contributed by atoms with Gasteiger partial charge in [0.15, 0.2) is 0 Å². The second-order valence-electron chi connectivity index (χ2n) is 5.63. The van der Waals surface area contributed by atoms with Gasteiger partial charge in [0.2, 0.25) is 0 Å². The lowest BCUT2D eigenvalue weighted by molar-refractivity contribution is 0.867. The van der Waals surface area contributed by atoms with Crippen molar-refractivity contribution in [1.82, 2.24) is 4.98 Å². The van der Waals surface area contributed by atoms with Crippen molar-refractivity contribution in [3.05, 3.63) is 64.8 Å². The summed E-state index contributed by atoms with van der Waals surface area (Å²) in [7, 11) is 0. The number of rotatable bonds is 4. The minimum Gasteiger partial charge on any atom is -0.381 e. The van der Waals surface area contributed by atoms with Crippen LogP contribution in [0.2, 0.25) is 5.02 Å². The van der Waals surface area contributed by atoms with Gasteiger partial charge in [-0.1, -0.05) is 43.6 Å². The molecule has 0 saturated carbocycles. The monoisotopic (exact) mass is 298 g/mol. The van der Waals surface area contributed by atoms with Crippen LogP contribution >= 0.6 is 11.6 Å². The molecule has 1 aromatic heterocycles. The van der Waals surface area contributed by atoms with Crippen molar-refractivity contribution < 1.29 is 0 Å². The van der Waals surface area contributed by atoms with E-state index in [1.54, 1.807) is 0 Å². The van der Waals surface area contributed by atoms with Gasteiger partial charge in [-0.05, 0) is 41.3 Å². The Morgan fingerprint density at radius 1 is 1.10 bits per heavy atom. The molecule has 3 rings (SSSR count). The van der Waals surface area contributed by atoms with Gasteiger partial charge in [-0.2, -0.15) is 0 Å². The third kappa shape index (κ3) is 3.06. The number of hydrogen-bond donors (Lipinski definition) is 2. The van der Waals surface area contributed by atoms with Gasteiger partial charge in [-0.3, -0.25) is 0 Å². The summed E-state index contributed by atoms with van der Waals surface area (Å²) in [5.41, 5.74) is 4.83. The molecule has 3 aromatic rings. The summed E-state index contributed by atoms with van der Waals surface area (Å²) in [6.07, 6.45) is 2.04. The van der Waals surface area contributed by atoms with E-state index in [2.05, 4.69) is 54.5 Å². The molecule has 108 valence electrons. The maximum atomic E-state index is 6.01. The first-order valence-corrected chi connectivity index (χ1v) is 7.60. The molecule has 0 unspecified atom stereocenters. The average molecular weight is 299 g/mol. The molecule has 0 bridgehead atoms. The maximum absolute atomic E-state index is 6.01. The molecule has 0 atom stereocenters. The number of nitrogens with one attached hydrogen (secondary N) is 2. The fourth-order valence-corrected chi connectivity index (χ4v) is 2.66. The predicted molar refractivity (Wildman–Crippen MR) is 91.2 cm³/mol. The summed E-state index contributed by atoms with van der Waals surface area (Å²) >= 11 is 6.01. The Bertz CT molecular complexity index is 742. The molecule has 0 radical (unpaired) electrons. The number of benzene rings is 2. The lowest BCUT2D eigenvalue weighted by atomic mass is 10.0. The van der Waals surface area contributed by atoms with E-state index < -0.39 is 0 Å². The molecule has 0 saturated heterocycles. The predicted octanol–water partition coefficient (Wildman–Crippen LogP) is 5.56. The molecule has 2 aromatic carbocycles. The van der Waals surface area contributed by atoms with Gasteiger partial charge in [0.1, 0.15) is 0 Å². The summed E-state index contributed by atoms with van der Waals surface area (Å²) in [6.45, 7) is 5.21. The van der Waals surface area contributed by atoms with Gasteiger partial charge in [0.05, 0.1) is 0 Å². The SMILES string of the molecule is CC(C)c1ccc(NCc2c[nH]c3cc(Cl)ccc23)cc1. The highest BCUT2D eigenvalue weighted by Gasteiger charge is 2.04. The van der Waals surface area contributed by atoms with Crippen LogP contribution in [-0.4, -0.2) is 4.98 Å². The van der Waals surface area contributed by atoms with Crippen molar-refractivity contribution in [2.24, 2.45) is 0 Å². The molecule has 0 spiro atoms. The number of aromatic nitrogens is 1. The third-order valence-electron chi connectivity index (χ3n) is 3.79. The first kappa shape index (κ1) is 14.0. The molecular weight excluding hydrogens is 280 g/mol. The second-order valence-corrected chi connectivity index (χ2v) is 6.07. The Kier molecular flexibility index (Phi) is 3.89. The van der Waals surface area contributed by atoms with Crippen molar-refractivity contribution in [3.63, 3.8) is 0 Å². The maximum Gasteiger partial charge on any atom is 0.0472 e. The molecule has 0 fully saturated rings. The van der Waals surface area contributed by atoms with Crippen molar-refractivity contribution in [2.75, 3.05) is 5.32 Å². The molecular formula is C18H19ClN2. The first-order chi connectivity index (χ1) is 10.1. The summed E-state index contributed by atoms with van der Waals surface area (Å²) in [5, 5.41) is 5.44. The Morgan fingerprint density at radius 2 is 1.86 bits per heavy atom. The molecule has 2 N–H and O–H groups in total. The van der Waals surface area contributed by atoms with E-state index in [0.29, 0.717) is 5.92 Å². The van der Waals surface area contributed by atoms with Crippen LogP contribution in [0.25, 0.3) is 10.9 Å². The number of halogens is 1. The third-order valence-corrected chi connectivity index (χ3v) is 4.02. The van der Waals surface area contributed by atoms with Crippen molar-refractivity contribution in [1.29, 1.82) is 0 Å². The van der Waals surface area contributed by atoms with E-state index >= 15 is 0 Å². The summed E-state index contributed by atoms with van der Waals surface area (Å²) in [6, 6.07) is 14.6. The molecule has 0 aliphatic carbocycles. The molecule has 0 aliphatic rings. The van der Waals surface area contributed by atoms with Crippen molar-refractivity contribution in [2.45, 2.75) is 26.3 Å². The van der Waals surface area contributed by atoms with Crippen LogP contribution in [0.1, 0.15) is 30.9 Å². The minimum atomic E-state index is 0.567. The van der Waals surface area contributed by atoms with Gasteiger partial charge >= 0.3 is 0 Å². The summed E-state index contributed by atoms with van der Waals surface area (Å²) in [4.78, 5) is 3.26. The molecule has 3 heteroatoms. The largest absolute Gasteiger partial charge is 0.381 e. The van der Waals surface area contributed by atoms with Gasteiger partial charge in [0.25, 0.3) is 0 Å². The average Bonchev–Trinajstić information content (AvgIpc) is 2.87. The molecule has 1 heterocycles. The van der Waals surface area contributed by atoms with E-state index in [9.17, 15) is 0 Å². The van der Waals surface area contributed by atoms with Crippen molar-refractivity contribution >= 4 is 28.2 Å². The van der Waals surface area contributed by atoms with Gasteiger partial charge in [0, 0.05) is 34.4 Å². The highest BCUT2D eigenvalue weighted by molar-refractivity contribution is 6.31. The van der Waals surface area contributed by atoms with Crippen LogP contribution in [0.4, 0.5) is 5.69 Å². The smallest absolute Gasteiger partial charge is 0.0472 e. The van der Waals surface area contributed by atoms with E-state index in [1.165, 1.54) is 16.5 Å². The minimum absolute atomic E-state index is 0.567. The zero-order chi connectivity index (χ0) is 14.8. The van der Waals surface area contributed by atoms with Crippen LogP contribution in [0.3, 0.4) is 0 Å². The molecule has 2 nitrogen and oxygen atoms in total. The van der Waals surface area contributed by atoms with E-state index in [0.717, 1.165) is 22.8 Å². The Balaban J connectivity index is 1.74. The zero-order valence-corrected chi connectivity index (χ0v) is 13.0. The van der Waals surface area contributed by atoms with Gasteiger partial charge in [-0.25, -0.2) is 0 Å². The molecule has 0 amide bonds. The molecule has 0 aliphatic heterocycles. The number of hydrogen-bond acceptors (Lipinski definition) is 1. The van der Waals surface area contributed by atoms with E-state index in [-0.39, 0.29) is 0 Å². The highest BCUT2D eigenvalue weighted by atomic mass is 35.5. The summed E-state index contributed by atoms with van der Waals surface area (Å²) in [5.74, 6) is 0.567. The Morgan fingerprint density at radius 3 is 2.57 bits per heavy atom. The van der Waals surface area contributed by atoms with Crippen molar-refractivity contribution in [3.8, 4) is 0 Å². The van der Waals surface area contributed by atoms with E-state index in [1.807, 2.05) is 18.3 Å². The normalized spacial score (nSPS) is 11.2. The van der Waals surface area contributed by atoms with Crippen LogP contribution in [-0.2, 0) is 6.54 Å². The number of anilines is 1. The fraction of sp³-hybridized carbons (Fsp3) is 0.222. The number of aromatic amines is 1. The van der Waals surface area contributed by atoms with Crippen LogP contribution in [0, 0.1) is 0 Å². The topological polar surface area (TPSA) is 27.8 Å². The Hall–Kier alpha value is -1.93. The second kappa shape index (κ2) is 5.82. The number of H-pyrrole nitrogens is 1. The van der Waals surface area contributed by atoms with Gasteiger partial charge in [-0.15, -0.1) is 0 Å². The lowest BCUT2D eigenvalue weighted by Gasteiger charge is -2.09. The van der Waals surface area contributed by atoms with Crippen LogP contribution in [0.15, 0.2) is 48.7 Å². The Labute approximate surface area is 130 Å². The number of fused-ring (bicyclic) bond motifs is 1.